The molecule has 0 atom stereocenters. The topological polar surface area (TPSA) is 70.1 Å². The molecule has 2 N–H and O–H groups in total. The Labute approximate surface area is 158 Å². The Kier molecular flexibility index (Phi) is 6.08. The largest absolute Gasteiger partial charge is 0.326 e. The van der Waals surface area contributed by atoms with E-state index >= 15 is 0 Å². The highest BCUT2D eigenvalue weighted by molar-refractivity contribution is 5.92. The SMILES string of the molecule is CCc1ccccc1NC(=O)CN(C)CCCn1c(=O)[nH]c2ccccc21. The molecule has 3 aromatic rings. The maximum absolute atomic E-state index is 12.3. The van der Waals surface area contributed by atoms with Crippen LogP contribution in [-0.4, -0.2) is 40.5 Å². The second kappa shape index (κ2) is 8.68. The molecule has 0 aliphatic rings. The number of aromatic nitrogens is 2. The summed E-state index contributed by atoms with van der Waals surface area (Å²) in [6, 6.07) is 15.5. The third kappa shape index (κ3) is 4.65. The second-order valence-corrected chi connectivity index (χ2v) is 6.75. The zero-order valence-corrected chi connectivity index (χ0v) is 15.9. The van der Waals surface area contributed by atoms with Crippen LogP contribution < -0.4 is 11.0 Å². The highest BCUT2D eigenvalue weighted by Crippen LogP contribution is 2.15. The summed E-state index contributed by atoms with van der Waals surface area (Å²) in [5.74, 6) is -0.0253. The smallest absolute Gasteiger partial charge is 0.325 e. The number of anilines is 1. The molecule has 6 nitrogen and oxygen atoms in total. The minimum atomic E-state index is -0.0900. The van der Waals surface area contributed by atoms with Crippen LogP contribution in [0.5, 0.6) is 0 Å². The van der Waals surface area contributed by atoms with E-state index in [1.54, 1.807) is 4.57 Å². The Balaban J connectivity index is 1.50. The molecule has 0 radical (unpaired) electrons. The summed E-state index contributed by atoms with van der Waals surface area (Å²) in [5.41, 5.74) is 3.69. The van der Waals surface area contributed by atoms with E-state index in [0.29, 0.717) is 13.1 Å². The van der Waals surface area contributed by atoms with Gasteiger partial charge in [0.15, 0.2) is 0 Å². The van der Waals surface area contributed by atoms with Crippen LogP contribution in [0, 0.1) is 0 Å². The third-order valence-electron chi connectivity index (χ3n) is 4.69. The monoisotopic (exact) mass is 366 g/mol. The first-order valence-electron chi connectivity index (χ1n) is 9.32. The summed E-state index contributed by atoms with van der Waals surface area (Å²) in [5, 5.41) is 2.99. The quantitative estimate of drug-likeness (QED) is 0.644. The van der Waals surface area contributed by atoms with Gasteiger partial charge >= 0.3 is 5.69 Å². The van der Waals surface area contributed by atoms with Crippen molar-refractivity contribution in [3.63, 3.8) is 0 Å². The Morgan fingerprint density at radius 2 is 1.89 bits per heavy atom. The maximum atomic E-state index is 12.3. The van der Waals surface area contributed by atoms with Gasteiger partial charge in [-0.15, -0.1) is 0 Å². The van der Waals surface area contributed by atoms with Crippen molar-refractivity contribution >= 4 is 22.6 Å². The lowest BCUT2D eigenvalue weighted by Gasteiger charge is -2.17. The minimum Gasteiger partial charge on any atom is -0.325 e. The Bertz CT molecular complexity index is 973. The summed E-state index contributed by atoms with van der Waals surface area (Å²) in [4.78, 5) is 29.2. The van der Waals surface area contributed by atoms with E-state index < -0.39 is 0 Å². The predicted molar refractivity (Wildman–Crippen MR) is 109 cm³/mol. The number of rotatable bonds is 8. The highest BCUT2D eigenvalue weighted by Gasteiger charge is 2.10. The number of carbonyl (C=O) groups excluding carboxylic acids is 1. The van der Waals surface area contributed by atoms with Crippen LogP contribution in [0.4, 0.5) is 5.69 Å². The number of nitrogens with zero attached hydrogens (tertiary/aromatic N) is 2. The predicted octanol–water partition coefficient (Wildman–Crippen LogP) is 2.85. The van der Waals surface area contributed by atoms with E-state index in [4.69, 9.17) is 0 Å². The molecule has 1 heterocycles. The molecule has 27 heavy (non-hydrogen) atoms. The van der Waals surface area contributed by atoms with Crippen molar-refractivity contribution in [1.29, 1.82) is 0 Å². The van der Waals surface area contributed by atoms with Gasteiger partial charge in [0.25, 0.3) is 0 Å². The minimum absolute atomic E-state index is 0.0253. The van der Waals surface area contributed by atoms with Crippen molar-refractivity contribution in [3.8, 4) is 0 Å². The van der Waals surface area contributed by atoms with E-state index in [1.807, 2.05) is 60.5 Å². The Morgan fingerprint density at radius 1 is 1.15 bits per heavy atom. The van der Waals surface area contributed by atoms with Crippen molar-refractivity contribution in [1.82, 2.24) is 14.5 Å². The lowest BCUT2D eigenvalue weighted by atomic mass is 10.1. The molecule has 3 rings (SSSR count). The number of hydrogen-bond acceptors (Lipinski definition) is 3. The first-order valence-corrected chi connectivity index (χ1v) is 9.32. The summed E-state index contributed by atoms with van der Waals surface area (Å²) in [6.07, 6.45) is 1.67. The molecule has 2 aromatic carbocycles. The summed E-state index contributed by atoms with van der Waals surface area (Å²) >= 11 is 0. The molecule has 0 saturated heterocycles. The average molecular weight is 366 g/mol. The van der Waals surface area contributed by atoms with E-state index in [0.717, 1.165) is 41.7 Å². The van der Waals surface area contributed by atoms with Gasteiger partial charge < -0.3 is 10.3 Å². The van der Waals surface area contributed by atoms with Gasteiger partial charge in [-0.2, -0.15) is 0 Å². The van der Waals surface area contributed by atoms with Gasteiger partial charge in [0.05, 0.1) is 17.6 Å². The fraction of sp³-hybridized carbons (Fsp3) is 0.333. The van der Waals surface area contributed by atoms with Crippen LogP contribution in [-0.2, 0) is 17.8 Å². The molecule has 6 heteroatoms. The van der Waals surface area contributed by atoms with Crippen molar-refractivity contribution in [2.75, 3.05) is 25.5 Å². The van der Waals surface area contributed by atoms with Crippen molar-refractivity contribution in [2.45, 2.75) is 26.3 Å². The van der Waals surface area contributed by atoms with E-state index in [2.05, 4.69) is 17.2 Å². The number of nitrogens with one attached hydrogen (secondary N) is 2. The van der Waals surface area contributed by atoms with Crippen molar-refractivity contribution < 1.29 is 4.79 Å². The van der Waals surface area contributed by atoms with Gasteiger partial charge in [-0.3, -0.25) is 14.3 Å². The fourth-order valence-electron chi connectivity index (χ4n) is 3.29. The molecule has 0 spiro atoms. The number of para-hydroxylation sites is 3. The molecule has 1 aromatic heterocycles. The first-order chi connectivity index (χ1) is 13.1. The number of amides is 1. The summed E-state index contributed by atoms with van der Waals surface area (Å²) < 4.78 is 1.75. The van der Waals surface area contributed by atoms with Gasteiger partial charge in [-0.1, -0.05) is 37.3 Å². The first kappa shape index (κ1) is 18.9. The van der Waals surface area contributed by atoms with Crippen LogP contribution in [0.3, 0.4) is 0 Å². The van der Waals surface area contributed by atoms with Crippen LogP contribution in [0.1, 0.15) is 18.9 Å². The summed E-state index contributed by atoms with van der Waals surface area (Å²) in [7, 11) is 1.92. The second-order valence-electron chi connectivity index (χ2n) is 6.75. The van der Waals surface area contributed by atoms with E-state index in [-0.39, 0.29) is 11.6 Å². The number of likely N-dealkylation sites (N-methyl/N-ethyl adjacent to an activating group) is 1. The molecule has 0 unspecified atom stereocenters. The normalized spacial score (nSPS) is 11.2. The van der Waals surface area contributed by atoms with Crippen LogP contribution in [0.2, 0.25) is 0 Å². The number of imidazole rings is 1. The van der Waals surface area contributed by atoms with E-state index in [1.165, 1.54) is 0 Å². The maximum Gasteiger partial charge on any atom is 0.326 e. The lowest BCUT2D eigenvalue weighted by Crippen LogP contribution is -2.32. The molecule has 0 aliphatic carbocycles. The Hall–Kier alpha value is -2.86. The zero-order chi connectivity index (χ0) is 19.2. The van der Waals surface area contributed by atoms with Gasteiger partial charge in [0.2, 0.25) is 5.91 Å². The number of fused-ring (bicyclic) bond motifs is 1. The van der Waals surface area contributed by atoms with Crippen molar-refractivity contribution in [3.05, 3.63) is 64.6 Å². The number of hydrogen-bond donors (Lipinski definition) is 2. The molecule has 0 saturated carbocycles. The molecular formula is C21H26N4O2. The molecular weight excluding hydrogens is 340 g/mol. The number of benzene rings is 2. The number of aryl methyl sites for hydroxylation is 2. The van der Waals surface area contributed by atoms with Gasteiger partial charge in [-0.25, -0.2) is 4.79 Å². The van der Waals surface area contributed by atoms with E-state index in [9.17, 15) is 9.59 Å². The van der Waals surface area contributed by atoms with Crippen LogP contribution >= 0.6 is 0 Å². The summed E-state index contributed by atoms with van der Waals surface area (Å²) in [6.45, 7) is 3.74. The average Bonchev–Trinajstić information content (AvgIpc) is 2.97. The zero-order valence-electron chi connectivity index (χ0n) is 15.9. The molecule has 142 valence electrons. The number of H-pyrrole nitrogens is 1. The van der Waals surface area contributed by atoms with Gasteiger partial charge in [0.1, 0.15) is 0 Å². The number of aromatic amines is 1. The molecule has 0 aliphatic heterocycles. The molecule has 0 bridgehead atoms. The van der Waals surface area contributed by atoms with Crippen LogP contribution in [0.15, 0.2) is 53.3 Å². The molecule has 1 amide bonds. The number of carbonyl (C=O) groups is 1. The molecule has 0 fully saturated rings. The van der Waals surface area contributed by atoms with Gasteiger partial charge in [-0.05, 0) is 43.7 Å². The highest BCUT2D eigenvalue weighted by atomic mass is 16.2. The fourth-order valence-corrected chi connectivity index (χ4v) is 3.29. The lowest BCUT2D eigenvalue weighted by molar-refractivity contribution is -0.117. The third-order valence-corrected chi connectivity index (χ3v) is 4.69. The van der Waals surface area contributed by atoms with Crippen LogP contribution in [0.25, 0.3) is 11.0 Å². The van der Waals surface area contributed by atoms with Crippen molar-refractivity contribution in [2.24, 2.45) is 0 Å². The Morgan fingerprint density at radius 3 is 2.70 bits per heavy atom. The standard InChI is InChI=1S/C21H26N4O2/c1-3-16-9-4-5-10-17(16)22-20(26)15-24(2)13-8-14-25-19-12-7-6-11-18(19)23-21(25)27/h4-7,9-12H,3,8,13-15H2,1-2H3,(H,22,26)(H,23,27). The van der Waals surface area contributed by atoms with Gasteiger partial charge in [0, 0.05) is 18.8 Å².